The number of hydrogen-bond donors (Lipinski definition) is 1. The third-order valence-electron chi connectivity index (χ3n) is 8.06. The number of amides is 4. The van der Waals surface area contributed by atoms with E-state index in [1.807, 2.05) is 45.0 Å². The fourth-order valence-corrected chi connectivity index (χ4v) is 7.03. The van der Waals surface area contributed by atoms with Gasteiger partial charge in [0, 0.05) is 36.7 Å². The molecule has 1 atom stereocenters. The van der Waals surface area contributed by atoms with Gasteiger partial charge in [-0.25, -0.2) is 9.78 Å². The van der Waals surface area contributed by atoms with Crippen LogP contribution in [-0.4, -0.2) is 58.3 Å². The van der Waals surface area contributed by atoms with Crippen LogP contribution in [0, 0.1) is 11.3 Å². The lowest BCUT2D eigenvalue weighted by Gasteiger charge is -2.26. The minimum absolute atomic E-state index is 0.00935. The zero-order valence-electron chi connectivity index (χ0n) is 24.0. The van der Waals surface area contributed by atoms with Gasteiger partial charge in [-0.15, -0.1) is 0 Å². The molecule has 9 nitrogen and oxygen atoms in total. The van der Waals surface area contributed by atoms with Crippen LogP contribution in [-0.2, 0) is 32.1 Å². The predicted molar refractivity (Wildman–Crippen MR) is 159 cm³/mol. The van der Waals surface area contributed by atoms with E-state index in [2.05, 4.69) is 34.6 Å². The van der Waals surface area contributed by atoms with Crippen LogP contribution in [0.2, 0.25) is 0 Å². The molecule has 3 aromatic rings. The molecule has 0 radical (unpaired) electrons. The van der Waals surface area contributed by atoms with Crippen molar-refractivity contribution in [3.63, 3.8) is 0 Å². The molecule has 10 heteroatoms. The molecule has 1 saturated heterocycles. The lowest BCUT2D eigenvalue weighted by atomic mass is 9.91. The van der Waals surface area contributed by atoms with E-state index in [1.165, 1.54) is 27.4 Å². The lowest BCUT2D eigenvalue weighted by molar-refractivity contribution is -0.145. The first-order valence-corrected chi connectivity index (χ1v) is 15.1. The molecule has 1 fully saturated rings. The van der Waals surface area contributed by atoms with Crippen molar-refractivity contribution >= 4 is 40.3 Å². The van der Waals surface area contributed by atoms with Crippen LogP contribution in [0.3, 0.4) is 0 Å². The van der Waals surface area contributed by atoms with Gasteiger partial charge in [-0.05, 0) is 34.1 Å². The summed E-state index contributed by atoms with van der Waals surface area (Å²) in [4.78, 5) is 59.8. The highest BCUT2D eigenvalue weighted by molar-refractivity contribution is 7.15. The van der Waals surface area contributed by atoms with Gasteiger partial charge in [0.25, 0.3) is 0 Å². The second-order valence-corrected chi connectivity index (χ2v) is 13.4. The number of hydrogen-bond acceptors (Lipinski definition) is 7. The standard InChI is InChI=1S/C32H34N4O5S/c1-32(2,3)16-27(37)36-15-12-23(29(36)39)28(38)34-30-33-25-13-14-35(17-26(25)42-30)31(40)41-18-24-21-10-6-4-8-19(21)20-9-5-7-11-22(20)24/h4-11,23-24H,12-18H2,1-3H3,(H,33,34,38)/t23-/m1/s1. The van der Waals surface area contributed by atoms with Crippen molar-refractivity contribution in [3.8, 4) is 11.1 Å². The highest BCUT2D eigenvalue weighted by Gasteiger charge is 2.41. The molecule has 1 aromatic heterocycles. The summed E-state index contributed by atoms with van der Waals surface area (Å²) in [5.41, 5.74) is 5.28. The van der Waals surface area contributed by atoms with Gasteiger partial charge in [-0.3, -0.25) is 19.3 Å². The fraction of sp³-hybridized carbons (Fsp3) is 0.406. The lowest BCUT2D eigenvalue weighted by Crippen LogP contribution is -2.38. The summed E-state index contributed by atoms with van der Waals surface area (Å²) >= 11 is 1.30. The number of anilines is 1. The summed E-state index contributed by atoms with van der Waals surface area (Å²) in [6.45, 7) is 7.13. The maximum absolute atomic E-state index is 13.1. The van der Waals surface area contributed by atoms with Crippen LogP contribution >= 0.6 is 11.3 Å². The maximum atomic E-state index is 13.1. The molecule has 0 saturated carbocycles. The SMILES string of the molecule is CC(C)(C)CC(=O)N1CC[C@H](C(=O)Nc2nc3c(s2)CN(C(=O)OCC2c4ccccc4-c4ccccc42)CC3)C1=O. The van der Waals surface area contributed by atoms with Gasteiger partial charge in [0.1, 0.15) is 12.5 Å². The third-order valence-corrected chi connectivity index (χ3v) is 9.06. The second-order valence-electron chi connectivity index (χ2n) is 12.3. The number of fused-ring (bicyclic) bond motifs is 4. The molecule has 42 heavy (non-hydrogen) atoms. The van der Waals surface area contributed by atoms with Crippen LogP contribution in [0.25, 0.3) is 11.1 Å². The quantitative estimate of drug-likeness (QED) is 0.412. The molecule has 6 rings (SSSR count). The molecule has 1 aliphatic carbocycles. The van der Waals surface area contributed by atoms with Crippen molar-refractivity contribution in [2.45, 2.75) is 52.5 Å². The molecule has 0 unspecified atom stereocenters. The van der Waals surface area contributed by atoms with Crippen molar-refractivity contribution in [1.29, 1.82) is 0 Å². The Balaban J connectivity index is 1.05. The molecule has 1 N–H and O–H groups in total. The van der Waals surface area contributed by atoms with Crippen molar-refractivity contribution in [2.24, 2.45) is 11.3 Å². The predicted octanol–water partition coefficient (Wildman–Crippen LogP) is 5.20. The van der Waals surface area contributed by atoms with E-state index in [-0.39, 0.29) is 42.9 Å². The summed E-state index contributed by atoms with van der Waals surface area (Å²) < 4.78 is 5.84. The van der Waals surface area contributed by atoms with Gasteiger partial charge < -0.3 is 15.0 Å². The topological polar surface area (TPSA) is 109 Å². The first kappa shape index (κ1) is 28.1. The third kappa shape index (κ3) is 5.43. The van der Waals surface area contributed by atoms with Gasteiger partial charge in [0.2, 0.25) is 17.7 Å². The summed E-state index contributed by atoms with van der Waals surface area (Å²) in [7, 11) is 0. The number of rotatable bonds is 5. The number of benzene rings is 2. The van der Waals surface area contributed by atoms with Crippen molar-refractivity contribution in [3.05, 3.63) is 70.2 Å². The zero-order valence-corrected chi connectivity index (χ0v) is 24.8. The van der Waals surface area contributed by atoms with Gasteiger partial charge in [0.15, 0.2) is 5.13 Å². The number of likely N-dealkylation sites (tertiary alicyclic amines) is 1. The van der Waals surface area contributed by atoms with Crippen molar-refractivity contribution < 1.29 is 23.9 Å². The molecule has 0 bridgehead atoms. The first-order valence-electron chi connectivity index (χ1n) is 14.3. The van der Waals surface area contributed by atoms with Crippen LogP contribution in [0.4, 0.5) is 9.93 Å². The highest BCUT2D eigenvalue weighted by atomic mass is 32.1. The van der Waals surface area contributed by atoms with Crippen LogP contribution in [0.5, 0.6) is 0 Å². The summed E-state index contributed by atoms with van der Waals surface area (Å²) in [6.07, 6.45) is 0.704. The molecular weight excluding hydrogens is 552 g/mol. The summed E-state index contributed by atoms with van der Waals surface area (Å²) in [5.74, 6) is -2.08. The van der Waals surface area contributed by atoms with Gasteiger partial charge in [-0.1, -0.05) is 80.6 Å². The Hall–Kier alpha value is -4.05. The van der Waals surface area contributed by atoms with E-state index in [9.17, 15) is 19.2 Å². The smallest absolute Gasteiger partial charge is 0.410 e. The largest absolute Gasteiger partial charge is 0.448 e. The normalized spacial score (nSPS) is 18.0. The average molecular weight is 587 g/mol. The number of carbonyl (C=O) groups is 4. The Morgan fingerprint density at radius 3 is 2.36 bits per heavy atom. The number of ether oxygens (including phenoxy) is 1. The van der Waals surface area contributed by atoms with E-state index < -0.39 is 17.7 Å². The Morgan fingerprint density at radius 1 is 1.02 bits per heavy atom. The van der Waals surface area contributed by atoms with E-state index in [1.54, 1.807) is 4.90 Å². The van der Waals surface area contributed by atoms with Crippen LogP contribution in [0.15, 0.2) is 48.5 Å². The monoisotopic (exact) mass is 586 g/mol. The minimum atomic E-state index is -0.910. The van der Waals surface area contributed by atoms with E-state index in [0.29, 0.717) is 31.1 Å². The molecular formula is C32H34N4O5S. The minimum Gasteiger partial charge on any atom is -0.448 e. The molecule has 0 spiro atoms. The van der Waals surface area contributed by atoms with E-state index in [4.69, 9.17) is 4.74 Å². The molecule has 2 aromatic carbocycles. The van der Waals surface area contributed by atoms with Gasteiger partial charge in [-0.2, -0.15) is 0 Å². The Kier molecular flexibility index (Phi) is 7.34. The Morgan fingerprint density at radius 2 is 1.69 bits per heavy atom. The number of carbonyl (C=O) groups excluding carboxylic acids is 4. The number of aromatic nitrogens is 1. The summed E-state index contributed by atoms with van der Waals surface area (Å²) in [6, 6.07) is 16.5. The first-order chi connectivity index (χ1) is 20.1. The van der Waals surface area contributed by atoms with Crippen molar-refractivity contribution in [2.75, 3.05) is 25.0 Å². The van der Waals surface area contributed by atoms with E-state index in [0.717, 1.165) is 21.7 Å². The Labute approximate surface area is 248 Å². The fourth-order valence-electron chi connectivity index (χ4n) is 6.00. The number of nitrogens with one attached hydrogen (secondary N) is 1. The van der Waals surface area contributed by atoms with E-state index >= 15 is 0 Å². The molecule has 4 amide bonds. The number of imide groups is 1. The molecule has 3 aliphatic rings. The molecule has 218 valence electrons. The molecule has 2 aliphatic heterocycles. The van der Waals surface area contributed by atoms with Crippen LogP contribution in [0.1, 0.15) is 61.2 Å². The molecule has 3 heterocycles. The Bertz CT molecular complexity index is 1530. The van der Waals surface area contributed by atoms with Gasteiger partial charge >= 0.3 is 6.09 Å². The second kappa shape index (κ2) is 11.0. The average Bonchev–Trinajstić information content (AvgIpc) is 3.63. The highest BCUT2D eigenvalue weighted by Crippen LogP contribution is 2.44. The maximum Gasteiger partial charge on any atom is 0.410 e. The van der Waals surface area contributed by atoms with Gasteiger partial charge in [0.05, 0.1) is 12.2 Å². The number of nitrogens with zero attached hydrogens (tertiary/aromatic N) is 3. The summed E-state index contributed by atoms with van der Waals surface area (Å²) in [5, 5.41) is 3.17. The van der Waals surface area contributed by atoms with Crippen LogP contribution < -0.4 is 5.32 Å². The number of thiazole rings is 1. The zero-order chi connectivity index (χ0) is 29.6. The van der Waals surface area contributed by atoms with Crippen molar-refractivity contribution in [1.82, 2.24) is 14.8 Å².